The summed E-state index contributed by atoms with van der Waals surface area (Å²) in [6.45, 7) is 3.73. The van der Waals surface area contributed by atoms with E-state index in [1.54, 1.807) is 0 Å². The van der Waals surface area contributed by atoms with E-state index < -0.39 is 0 Å². The molecule has 134 valence electrons. The fourth-order valence-electron chi connectivity index (χ4n) is 4.68. The van der Waals surface area contributed by atoms with Gasteiger partial charge in [-0.3, -0.25) is 10.2 Å². The smallest absolute Gasteiger partial charge is 0.252 e. The van der Waals surface area contributed by atoms with Crippen LogP contribution >= 0.6 is 0 Å². The van der Waals surface area contributed by atoms with Crippen LogP contribution in [0.1, 0.15) is 40.4 Å². The van der Waals surface area contributed by atoms with Crippen molar-refractivity contribution < 1.29 is 4.79 Å². The zero-order valence-corrected chi connectivity index (χ0v) is 15.3. The Kier molecular flexibility index (Phi) is 3.55. The molecule has 3 aromatic rings. The Hall–Kier alpha value is -2.37. The number of carbonyl (C=O) groups excluding carboxylic acids is 1. The normalized spacial score (nSPS) is 19.2. The van der Waals surface area contributed by atoms with Gasteiger partial charge in [0.05, 0.1) is 5.52 Å². The molecule has 1 aliphatic heterocycles. The summed E-state index contributed by atoms with van der Waals surface area (Å²) in [6.07, 6.45) is 2.98. The van der Waals surface area contributed by atoms with E-state index in [1.807, 2.05) is 0 Å². The van der Waals surface area contributed by atoms with Gasteiger partial charge < -0.3 is 10.3 Å². The van der Waals surface area contributed by atoms with Crippen LogP contribution in [0, 0.1) is 0 Å². The van der Waals surface area contributed by atoms with E-state index in [4.69, 9.17) is 0 Å². The second-order valence-corrected chi connectivity index (χ2v) is 7.50. The lowest BCUT2D eigenvalue weighted by atomic mass is 9.82. The van der Waals surface area contributed by atoms with Crippen molar-refractivity contribution in [1.82, 2.24) is 20.7 Å². The van der Waals surface area contributed by atoms with Crippen LogP contribution in [-0.4, -0.2) is 35.5 Å². The van der Waals surface area contributed by atoms with E-state index in [1.165, 1.54) is 33.0 Å². The van der Waals surface area contributed by atoms with Crippen molar-refractivity contribution in [3.05, 3.63) is 46.5 Å². The number of fused-ring (bicyclic) bond motifs is 8. The lowest BCUT2D eigenvalue weighted by molar-refractivity contribution is 0.0964. The van der Waals surface area contributed by atoms with Gasteiger partial charge in [0.25, 0.3) is 5.91 Å². The highest BCUT2D eigenvalue weighted by molar-refractivity contribution is 6.15. The number of nitrogens with zero attached hydrogens (tertiary/aromatic N) is 1. The molecule has 0 saturated carbocycles. The second-order valence-electron chi connectivity index (χ2n) is 7.50. The molecule has 0 bridgehead atoms. The van der Waals surface area contributed by atoms with Gasteiger partial charge in [-0.05, 0) is 42.0 Å². The number of aryl methyl sites for hydroxylation is 1. The Morgan fingerprint density at radius 2 is 2.08 bits per heavy atom. The number of aromatic amines is 1. The van der Waals surface area contributed by atoms with Crippen LogP contribution in [0.15, 0.2) is 24.3 Å². The third-order valence-corrected chi connectivity index (χ3v) is 6.00. The number of amides is 1. The number of hydrogen-bond donors (Lipinski definition) is 3. The number of para-hydroxylation sites is 1. The molecule has 1 aliphatic carbocycles. The fraction of sp³-hybridized carbons (Fsp3) is 0.381. The van der Waals surface area contributed by atoms with Gasteiger partial charge in [0, 0.05) is 48.0 Å². The zero-order chi connectivity index (χ0) is 17.8. The predicted molar refractivity (Wildman–Crippen MR) is 104 cm³/mol. The van der Waals surface area contributed by atoms with Gasteiger partial charge in [0.2, 0.25) is 0 Å². The van der Waals surface area contributed by atoms with Gasteiger partial charge in [0.1, 0.15) is 0 Å². The molecule has 5 rings (SSSR count). The molecular weight excluding hydrogens is 324 g/mol. The van der Waals surface area contributed by atoms with E-state index in [9.17, 15) is 4.79 Å². The van der Waals surface area contributed by atoms with Gasteiger partial charge in [0.15, 0.2) is 0 Å². The van der Waals surface area contributed by atoms with E-state index in [-0.39, 0.29) is 5.91 Å². The minimum absolute atomic E-state index is 0.0907. The van der Waals surface area contributed by atoms with Crippen LogP contribution in [0.2, 0.25) is 0 Å². The molecule has 1 atom stereocenters. The Morgan fingerprint density at radius 3 is 2.92 bits per heavy atom. The SMILES string of the molecule is CCN(C)NC1CCc2c(c3c(c4c2[nH]c2ccccc24)CNC3=O)C1. The molecule has 0 spiro atoms. The van der Waals surface area contributed by atoms with Gasteiger partial charge in [-0.1, -0.05) is 25.1 Å². The predicted octanol–water partition coefficient (Wildman–Crippen LogP) is 2.88. The van der Waals surface area contributed by atoms with E-state index in [0.717, 1.165) is 36.9 Å². The summed E-state index contributed by atoms with van der Waals surface area (Å²) in [5.74, 6) is 0.0907. The lowest BCUT2D eigenvalue weighted by Gasteiger charge is -2.30. The quantitative estimate of drug-likeness (QED) is 0.638. The molecule has 1 aromatic heterocycles. The molecular formula is C21H24N4O. The maximum Gasteiger partial charge on any atom is 0.252 e. The van der Waals surface area contributed by atoms with E-state index in [2.05, 4.69) is 59.0 Å². The Labute approximate surface area is 152 Å². The monoisotopic (exact) mass is 348 g/mol. The zero-order valence-electron chi connectivity index (χ0n) is 15.3. The fourth-order valence-corrected chi connectivity index (χ4v) is 4.68. The molecule has 1 amide bonds. The number of rotatable bonds is 3. The number of H-pyrrole nitrogens is 1. The number of hydrogen-bond acceptors (Lipinski definition) is 3. The van der Waals surface area contributed by atoms with Crippen LogP contribution in [-0.2, 0) is 19.4 Å². The Morgan fingerprint density at radius 1 is 1.23 bits per heavy atom. The standard InChI is InChI=1S/C21H24N4O/c1-3-25(2)24-12-8-9-13-15(10-12)19-16(11-22-21(19)26)18-14-6-4-5-7-17(14)23-20(13)18/h4-7,12,23-24H,3,8-11H2,1-2H3,(H,22,26). The summed E-state index contributed by atoms with van der Waals surface area (Å²) in [7, 11) is 2.08. The summed E-state index contributed by atoms with van der Waals surface area (Å²) in [5.41, 5.74) is 10.7. The van der Waals surface area contributed by atoms with Crippen LogP contribution in [0.4, 0.5) is 0 Å². The van der Waals surface area contributed by atoms with Gasteiger partial charge in [-0.25, -0.2) is 5.01 Å². The molecule has 0 saturated heterocycles. The molecule has 3 N–H and O–H groups in total. The highest BCUT2D eigenvalue weighted by atomic mass is 16.1. The highest BCUT2D eigenvalue weighted by Gasteiger charge is 2.33. The maximum atomic E-state index is 12.7. The van der Waals surface area contributed by atoms with Crippen molar-refractivity contribution in [2.75, 3.05) is 13.6 Å². The second kappa shape index (κ2) is 5.83. The number of hydrazine groups is 1. The topological polar surface area (TPSA) is 60.2 Å². The molecule has 26 heavy (non-hydrogen) atoms. The average molecular weight is 348 g/mol. The molecule has 2 heterocycles. The summed E-state index contributed by atoms with van der Waals surface area (Å²) < 4.78 is 0. The third-order valence-electron chi connectivity index (χ3n) is 6.00. The first kappa shape index (κ1) is 15.9. The minimum atomic E-state index is 0.0907. The Balaban J connectivity index is 1.73. The van der Waals surface area contributed by atoms with Gasteiger partial charge in [-0.15, -0.1) is 0 Å². The molecule has 2 aromatic carbocycles. The van der Waals surface area contributed by atoms with Crippen molar-refractivity contribution in [3.63, 3.8) is 0 Å². The van der Waals surface area contributed by atoms with Crippen molar-refractivity contribution >= 4 is 27.7 Å². The van der Waals surface area contributed by atoms with Crippen molar-refractivity contribution in [3.8, 4) is 0 Å². The Bertz CT molecular complexity index is 1040. The summed E-state index contributed by atoms with van der Waals surface area (Å²) >= 11 is 0. The largest absolute Gasteiger partial charge is 0.354 e. The van der Waals surface area contributed by atoms with Crippen LogP contribution in [0.5, 0.6) is 0 Å². The lowest BCUT2D eigenvalue weighted by Crippen LogP contribution is -2.45. The summed E-state index contributed by atoms with van der Waals surface area (Å²) in [5, 5.41) is 7.67. The minimum Gasteiger partial charge on any atom is -0.354 e. The van der Waals surface area contributed by atoms with Gasteiger partial charge >= 0.3 is 0 Å². The van der Waals surface area contributed by atoms with Gasteiger partial charge in [-0.2, -0.15) is 0 Å². The maximum absolute atomic E-state index is 12.7. The molecule has 5 heteroatoms. The highest BCUT2D eigenvalue weighted by Crippen LogP contribution is 2.40. The number of benzene rings is 2. The molecule has 5 nitrogen and oxygen atoms in total. The molecule has 1 unspecified atom stereocenters. The molecule has 0 fully saturated rings. The summed E-state index contributed by atoms with van der Waals surface area (Å²) in [4.78, 5) is 16.3. The summed E-state index contributed by atoms with van der Waals surface area (Å²) in [6, 6.07) is 8.81. The van der Waals surface area contributed by atoms with E-state index >= 15 is 0 Å². The average Bonchev–Trinajstić information content (AvgIpc) is 3.22. The molecule has 0 radical (unpaired) electrons. The van der Waals surface area contributed by atoms with Crippen LogP contribution in [0.25, 0.3) is 21.8 Å². The first-order chi connectivity index (χ1) is 12.7. The number of nitrogens with one attached hydrogen (secondary N) is 3. The first-order valence-corrected chi connectivity index (χ1v) is 9.50. The van der Waals surface area contributed by atoms with E-state index in [0.29, 0.717) is 12.6 Å². The van der Waals surface area contributed by atoms with Crippen molar-refractivity contribution in [2.45, 2.75) is 38.8 Å². The number of aromatic nitrogens is 1. The third kappa shape index (κ3) is 2.20. The first-order valence-electron chi connectivity index (χ1n) is 9.50. The number of carbonyl (C=O) groups is 1. The molecule has 2 aliphatic rings. The van der Waals surface area contributed by atoms with Crippen molar-refractivity contribution in [1.29, 1.82) is 0 Å². The van der Waals surface area contributed by atoms with Crippen LogP contribution in [0.3, 0.4) is 0 Å². The van der Waals surface area contributed by atoms with Crippen molar-refractivity contribution in [2.24, 2.45) is 0 Å². The van der Waals surface area contributed by atoms with Crippen LogP contribution < -0.4 is 10.7 Å².